The van der Waals surface area contributed by atoms with E-state index in [-0.39, 0.29) is 12.0 Å². The number of carbonyl (C=O) groups is 1. The first-order valence-corrected chi connectivity index (χ1v) is 7.25. The number of nitrogens with zero attached hydrogens (tertiary/aromatic N) is 4. The molecule has 1 saturated heterocycles. The number of rotatable bonds is 3. The molecule has 3 rings (SSSR count). The second-order valence-corrected chi connectivity index (χ2v) is 5.46. The number of thiazole rings is 1. The van der Waals surface area contributed by atoms with Gasteiger partial charge in [-0.2, -0.15) is 5.10 Å². The SMILES string of the molecule is Cc1ncsc1C(=O)N1CCC(Oc2cccnn2)C1. The zero-order valence-corrected chi connectivity index (χ0v) is 11.8. The van der Waals surface area contributed by atoms with Crippen molar-refractivity contribution in [3.8, 4) is 5.88 Å². The maximum Gasteiger partial charge on any atom is 0.265 e. The molecule has 0 bridgehead atoms. The highest BCUT2D eigenvalue weighted by Gasteiger charge is 2.30. The number of hydrogen-bond donors (Lipinski definition) is 0. The first-order chi connectivity index (χ1) is 9.74. The minimum Gasteiger partial charge on any atom is -0.471 e. The van der Waals surface area contributed by atoms with Crippen LogP contribution in [0.5, 0.6) is 5.88 Å². The van der Waals surface area contributed by atoms with Crippen molar-refractivity contribution in [1.82, 2.24) is 20.1 Å². The molecule has 6 nitrogen and oxygen atoms in total. The van der Waals surface area contributed by atoms with Gasteiger partial charge in [0.05, 0.1) is 17.7 Å². The maximum atomic E-state index is 12.3. The summed E-state index contributed by atoms with van der Waals surface area (Å²) in [5, 5.41) is 7.66. The highest BCUT2D eigenvalue weighted by atomic mass is 32.1. The van der Waals surface area contributed by atoms with E-state index in [2.05, 4.69) is 15.2 Å². The standard InChI is InChI=1S/C13H14N4O2S/c1-9-12(20-8-14-9)13(18)17-6-4-10(7-17)19-11-3-2-5-15-16-11/h2-3,5,8,10H,4,6-7H2,1H3. The van der Waals surface area contributed by atoms with Crippen LogP contribution in [-0.4, -0.2) is 45.2 Å². The topological polar surface area (TPSA) is 68.2 Å². The number of aryl methyl sites for hydroxylation is 1. The van der Waals surface area contributed by atoms with Gasteiger partial charge in [0.2, 0.25) is 5.88 Å². The summed E-state index contributed by atoms with van der Waals surface area (Å²) in [4.78, 5) is 19.0. The first-order valence-electron chi connectivity index (χ1n) is 6.38. The van der Waals surface area contributed by atoms with Gasteiger partial charge in [0.1, 0.15) is 11.0 Å². The average Bonchev–Trinajstić information content (AvgIpc) is 3.08. The van der Waals surface area contributed by atoms with E-state index in [1.165, 1.54) is 11.3 Å². The van der Waals surface area contributed by atoms with E-state index in [1.807, 2.05) is 11.8 Å². The summed E-state index contributed by atoms with van der Waals surface area (Å²) in [5.74, 6) is 0.538. The van der Waals surface area contributed by atoms with Crippen molar-refractivity contribution < 1.29 is 9.53 Å². The molecule has 1 aliphatic rings. The summed E-state index contributed by atoms with van der Waals surface area (Å²) in [6, 6.07) is 3.55. The fourth-order valence-electron chi connectivity index (χ4n) is 2.18. The van der Waals surface area contributed by atoms with Gasteiger partial charge in [-0.25, -0.2) is 4.98 Å². The molecule has 0 N–H and O–H groups in total. The molecule has 7 heteroatoms. The second-order valence-electron chi connectivity index (χ2n) is 4.61. The number of carbonyl (C=O) groups excluding carboxylic acids is 1. The van der Waals surface area contributed by atoms with Gasteiger partial charge in [0, 0.05) is 25.2 Å². The van der Waals surface area contributed by atoms with E-state index in [4.69, 9.17) is 4.74 Å². The van der Waals surface area contributed by atoms with Gasteiger partial charge < -0.3 is 9.64 Å². The molecule has 0 spiro atoms. The van der Waals surface area contributed by atoms with Crippen molar-refractivity contribution in [3.63, 3.8) is 0 Å². The minimum atomic E-state index is -0.0242. The van der Waals surface area contributed by atoms with Crippen molar-refractivity contribution in [2.45, 2.75) is 19.4 Å². The smallest absolute Gasteiger partial charge is 0.265 e. The molecule has 2 aromatic rings. The predicted molar refractivity (Wildman–Crippen MR) is 73.8 cm³/mol. The number of aromatic nitrogens is 3. The Kier molecular flexibility index (Phi) is 3.60. The van der Waals surface area contributed by atoms with Crippen molar-refractivity contribution in [2.24, 2.45) is 0 Å². The summed E-state index contributed by atoms with van der Waals surface area (Å²) in [5.41, 5.74) is 2.49. The predicted octanol–water partition coefficient (Wildman–Crippen LogP) is 1.54. The van der Waals surface area contributed by atoms with Gasteiger partial charge in [0.15, 0.2) is 0 Å². The number of hydrogen-bond acceptors (Lipinski definition) is 6. The lowest BCUT2D eigenvalue weighted by Gasteiger charge is -2.16. The van der Waals surface area contributed by atoms with E-state index < -0.39 is 0 Å². The summed E-state index contributed by atoms with van der Waals surface area (Å²) < 4.78 is 5.72. The number of amides is 1. The van der Waals surface area contributed by atoms with Crippen LogP contribution in [0.1, 0.15) is 21.8 Å². The van der Waals surface area contributed by atoms with E-state index in [0.717, 1.165) is 12.1 Å². The highest BCUT2D eigenvalue weighted by molar-refractivity contribution is 7.11. The van der Waals surface area contributed by atoms with Gasteiger partial charge in [-0.15, -0.1) is 16.4 Å². The molecular weight excluding hydrogens is 276 g/mol. The minimum absolute atomic E-state index is 0.0242. The lowest BCUT2D eigenvalue weighted by molar-refractivity contribution is 0.0774. The molecule has 1 fully saturated rings. The molecular formula is C13H14N4O2S. The lowest BCUT2D eigenvalue weighted by atomic mass is 10.3. The second kappa shape index (κ2) is 5.54. The van der Waals surface area contributed by atoms with Crippen molar-refractivity contribution in [2.75, 3.05) is 13.1 Å². The quantitative estimate of drug-likeness (QED) is 0.857. The van der Waals surface area contributed by atoms with Crippen LogP contribution in [0.2, 0.25) is 0 Å². The van der Waals surface area contributed by atoms with Crippen LogP contribution in [0.3, 0.4) is 0 Å². The molecule has 0 aromatic carbocycles. The van der Waals surface area contributed by atoms with Crippen LogP contribution in [0.25, 0.3) is 0 Å². The largest absolute Gasteiger partial charge is 0.471 e. The zero-order valence-electron chi connectivity index (χ0n) is 11.0. The van der Waals surface area contributed by atoms with E-state index in [1.54, 1.807) is 23.8 Å². The van der Waals surface area contributed by atoms with Crippen molar-refractivity contribution in [1.29, 1.82) is 0 Å². The van der Waals surface area contributed by atoms with Crippen LogP contribution >= 0.6 is 11.3 Å². The Morgan fingerprint density at radius 1 is 1.55 bits per heavy atom. The Labute approximate surface area is 120 Å². The Morgan fingerprint density at radius 2 is 2.45 bits per heavy atom. The first kappa shape index (κ1) is 13.0. The molecule has 3 heterocycles. The van der Waals surface area contributed by atoms with Crippen LogP contribution in [-0.2, 0) is 0 Å². The Balaban J connectivity index is 1.62. The fraction of sp³-hybridized carbons (Fsp3) is 0.385. The maximum absolute atomic E-state index is 12.3. The third-order valence-electron chi connectivity index (χ3n) is 3.21. The van der Waals surface area contributed by atoms with E-state index in [0.29, 0.717) is 23.8 Å². The molecule has 104 valence electrons. The third kappa shape index (κ3) is 2.62. The molecule has 0 saturated carbocycles. The normalized spacial score (nSPS) is 18.2. The fourth-order valence-corrected chi connectivity index (χ4v) is 2.95. The van der Waals surface area contributed by atoms with Crippen LogP contribution in [0, 0.1) is 6.92 Å². The Hall–Kier alpha value is -2.02. The van der Waals surface area contributed by atoms with Gasteiger partial charge in [-0.05, 0) is 13.0 Å². The van der Waals surface area contributed by atoms with Crippen molar-refractivity contribution >= 4 is 17.2 Å². The van der Waals surface area contributed by atoms with Gasteiger partial charge in [-0.1, -0.05) is 0 Å². The van der Waals surface area contributed by atoms with Crippen LogP contribution in [0.4, 0.5) is 0 Å². The summed E-state index contributed by atoms with van der Waals surface area (Å²) in [7, 11) is 0. The van der Waals surface area contributed by atoms with Gasteiger partial charge >= 0.3 is 0 Å². The Bertz CT molecular complexity index is 601. The summed E-state index contributed by atoms with van der Waals surface area (Å²) in [6.45, 7) is 3.13. The number of ether oxygens (including phenoxy) is 1. The molecule has 2 aromatic heterocycles. The Morgan fingerprint density at radius 3 is 3.15 bits per heavy atom. The van der Waals surface area contributed by atoms with E-state index in [9.17, 15) is 4.79 Å². The molecule has 1 atom stereocenters. The lowest BCUT2D eigenvalue weighted by Crippen LogP contribution is -2.30. The van der Waals surface area contributed by atoms with Crippen LogP contribution in [0.15, 0.2) is 23.8 Å². The molecule has 20 heavy (non-hydrogen) atoms. The zero-order chi connectivity index (χ0) is 13.9. The number of likely N-dealkylation sites (tertiary alicyclic amines) is 1. The molecule has 1 amide bonds. The molecule has 1 unspecified atom stereocenters. The van der Waals surface area contributed by atoms with Crippen LogP contribution < -0.4 is 4.74 Å². The molecule has 0 radical (unpaired) electrons. The van der Waals surface area contributed by atoms with Crippen molar-refractivity contribution in [3.05, 3.63) is 34.4 Å². The van der Waals surface area contributed by atoms with Gasteiger partial charge in [0.25, 0.3) is 5.91 Å². The third-order valence-corrected chi connectivity index (χ3v) is 4.12. The highest BCUT2D eigenvalue weighted by Crippen LogP contribution is 2.21. The van der Waals surface area contributed by atoms with E-state index >= 15 is 0 Å². The molecule has 0 aliphatic carbocycles. The average molecular weight is 290 g/mol. The van der Waals surface area contributed by atoms with Gasteiger partial charge in [-0.3, -0.25) is 4.79 Å². The molecule has 1 aliphatic heterocycles. The monoisotopic (exact) mass is 290 g/mol. The summed E-state index contributed by atoms with van der Waals surface area (Å²) in [6.07, 6.45) is 2.38. The summed E-state index contributed by atoms with van der Waals surface area (Å²) >= 11 is 1.38.